The van der Waals surface area contributed by atoms with Gasteiger partial charge in [0.1, 0.15) is 0 Å². The van der Waals surface area contributed by atoms with Gasteiger partial charge in [0.25, 0.3) is 0 Å². The predicted molar refractivity (Wildman–Crippen MR) is 157 cm³/mol. The summed E-state index contributed by atoms with van der Waals surface area (Å²) in [4.78, 5) is 14.8. The molecule has 36 heavy (non-hydrogen) atoms. The molecular formula is C33H43N3. The molecule has 1 aromatic heterocycles. The second-order valence-electron chi connectivity index (χ2n) is 9.87. The molecule has 0 aliphatic carbocycles. The Kier molecular flexibility index (Phi) is 10.6. The Hall–Kier alpha value is -3.07. The molecule has 0 amide bonds. The minimum absolute atomic E-state index is 0.857. The molecular weight excluding hydrogens is 438 g/mol. The number of aryl methyl sites for hydroxylation is 6. The smallest absolute Gasteiger partial charge is 0.0820 e. The molecule has 0 N–H and O–H groups in total. The van der Waals surface area contributed by atoms with Crippen LogP contribution < -0.4 is 0 Å². The largest absolute Gasteiger partial charge is 0.254 e. The fourth-order valence-corrected chi connectivity index (χ4v) is 4.91. The summed E-state index contributed by atoms with van der Waals surface area (Å²) in [6.07, 6.45) is 12.4. The molecule has 0 saturated heterocycles. The zero-order chi connectivity index (χ0) is 25.9. The fourth-order valence-electron chi connectivity index (χ4n) is 4.91. The van der Waals surface area contributed by atoms with Gasteiger partial charge in [0, 0.05) is 0 Å². The molecule has 0 radical (unpaired) electrons. The average Bonchev–Trinajstić information content (AvgIpc) is 2.84. The number of nitrogens with zero attached hydrogens (tertiary/aromatic N) is 3. The van der Waals surface area contributed by atoms with Crippen LogP contribution in [0.3, 0.4) is 0 Å². The third kappa shape index (κ3) is 7.46. The summed E-state index contributed by atoms with van der Waals surface area (Å²) in [6, 6.07) is 15.2. The van der Waals surface area contributed by atoms with E-state index in [1.807, 2.05) is 30.6 Å². The first-order valence-electron chi connectivity index (χ1n) is 13.8. The Morgan fingerprint density at radius 1 is 0.583 bits per heavy atom. The number of benzene rings is 2. The van der Waals surface area contributed by atoms with Crippen LogP contribution in [-0.4, -0.2) is 17.4 Å². The predicted octanol–water partition coefficient (Wildman–Crippen LogP) is 9.01. The molecule has 0 aliphatic heterocycles. The van der Waals surface area contributed by atoms with Crippen LogP contribution in [0.4, 0.5) is 11.4 Å². The van der Waals surface area contributed by atoms with E-state index in [4.69, 9.17) is 15.0 Å². The van der Waals surface area contributed by atoms with E-state index in [1.54, 1.807) is 0 Å². The topological polar surface area (TPSA) is 37.6 Å². The van der Waals surface area contributed by atoms with Gasteiger partial charge < -0.3 is 0 Å². The zero-order valence-corrected chi connectivity index (χ0v) is 23.2. The van der Waals surface area contributed by atoms with Crippen molar-refractivity contribution in [3.8, 4) is 0 Å². The Bertz CT molecular complexity index is 1060. The third-order valence-electron chi connectivity index (χ3n) is 6.35. The monoisotopic (exact) mass is 481 g/mol. The lowest BCUT2D eigenvalue weighted by atomic mass is 9.97. The molecule has 0 unspecified atom stereocenters. The molecule has 0 atom stereocenters. The van der Waals surface area contributed by atoms with Crippen LogP contribution in [-0.2, 0) is 25.7 Å². The molecule has 2 aromatic carbocycles. The molecule has 3 aromatic rings. The van der Waals surface area contributed by atoms with Gasteiger partial charge in [0.15, 0.2) is 0 Å². The lowest BCUT2D eigenvalue weighted by molar-refractivity contribution is 0.892. The Morgan fingerprint density at radius 3 is 1.22 bits per heavy atom. The van der Waals surface area contributed by atoms with Gasteiger partial charge in [0.2, 0.25) is 0 Å². The van der Waals surface area contributed by atoms with Gasteiger partial charge in [0.05, 0.1) is 35.2 Å². The maximum atomic E-state index is 4.97. The van der Waals surface area contributed by atoms with E-state index in [0.717, 1.165) is 74.1 Å². The van der Waals surface area contributed by atoms with Gasteiger partial charge in [-0.15, -0.1) is 0 Å². The molecule has 3 rings (SSSR count). The van der Waals surface area contributed by atoms with E-state index in [2.05, 4.69) is 65.8 Å². The summed E-state index contributed by atoms with van der Waals surface area (Å²) in [5.41, 5.74) is 11.9. The first-order chi connectivity index (χ1) is 17.5. The van der Waals surface area contributed by atoms with Crippen LogP contribution in [0.2, 0.25) is 0 Å². The van der Waals surface area contributed by atoms with E-state index >= 15 is 0 Å². The maximum Gasteiger partial charge on any atom is 0.0820 e. The number of aromatic nitrogens is 1. The van der Waals surface area contributed by atoms with Gasteiger partial charge in [-0.3, -0.25) is 9.98 Å². The van der Waals surface area contributed by atoms with Crippen molar-refractivity contribution in [1.29, 1.82) is 0 Å². The van der Waals surface area contributed by atoms with Crippen molar-refractivity contribution < 1.29 is 0 Å². The molecule has 1 heterocycles. The van der Waals surface area contributed by atoms with E-state index in [0.29, 0.717) is 0 Å². The van der Waals surface area contributed by atoms with Crippen molar-refractivity contribution >= 4 is 23.8 Å². The van der Waals surface area contributed by atoms with Crippen LogP contribution in [0.1, 0.15) is 98.1 Å². The molecule has 0 spiro atoms. The van der Waals surface area contributed by atoms with Crippen LogP contribution in [0.15, 0.2) is 52.4 Å². The minimum Gasteiger partial charge on any atom is -0.254 e. The summed E-state index contributed by atoms with van der Waals surface area (Å²) in [5, 5.41) is 0. The minimum atomic E-state index is 0.857. The van der Waals surface area contributed by atoms with E-state index in [1.165, 1.54) is 33.4 Å². The average molecular weight is 482 g/mol. The molecule has 0 fully saturated rings. The zero-order valence-electron chi connectivity index (χ0n) is 23.2. The van der Waals surface area contributed by atoms with Crippen LogP contribution >= 0.6 is 0 Å². The van der Waals surface area contributed by atoms with Crippen molar-refractivity contribution in [1.82, 2.24) is 4.98 Å². The van der Waals surface area contributed by atoms with Gasteiger partial charge >= 0.3 is 0 Å². The van der Waals surface area contributed by atoms with E-state index in [9.17, 15) is 0 Å². The normalized spacial score (nSPS) is 11.7. The second-order valence-corrected chi connectivity index (χ2v) is 9.87. The van der Waals surface area contributed by atoms with Gasteiger partial charge in [-0.05, 0) is 73.9 Å². The number of aliphatic imine (C=N–C) groups is 2. The highest BCUT2D eigenvalue weighted by molar-refractivity contribution is 5.85. The highest BCUT2D eigenvalue weighted by Gasteiger charge is 2.10. The standard InChI is InChI=1S/C33H43N3/c1-7-12-26-18-24(5)19-27(13-8-2)32(26)34-22-30-16-11-17-31(36-30)23-35-33-28(14-9-3)20-25(6)21-29(33)15-10-4/h11,16-23H,7-10,12-15H2,1-6H3. The number of rotatable bonds is 12. The summed E-state index contributed by atoms with van der Waals surface area (Å²) in [5.74, 6) is 0. The first kappa shape index (κ1) is 27.5. The second kappa shape index (κ2) is 13.9. The fraction of sp³-hybridized carbons (Fsp3) is 0.424. The van der Waals surface area contributed by atoms with Gasteiger partial charge in [-0.2, -0.15) is 0 Å². The highest BCUT2D eigenvalue weighted by Crippen LogP contribution is 2.30. The summed E-state index contributed by atoms with van der Waals surface area (Å²) in [6.45, 7) is 13.3. The van der Waals surface area contributed by atoms with E-state index < -0.39 is 0 Å². The van der Waals surface area contributed by atoms with Crippen LogP contribution in [0.25, 0.3) is 0 Å². The Morgan fingerprint density at radius 2 is 0.917 bits per heavy atom. The Balaban J connectivity index is 1.93. The maximum absolute atomic E-state index is 4.97. The lowest BCUT2D eigenvalue weighted by Gasteiger charge is -2.12. The van der Waals surface area contributed by atoms with Crippen LogP contribution in [0.5, 0.6) is 0 Å². The summed E-state index contributed by atoms with van der Waals surface area (Å²) < 4.78 is 0. The van der Waals surface area contributed by atoms with Gasteiger partial charge in [-0.25, -0.2) is 4.98 Å². The molecule has 3 nitrogen and oxygen atoms in total. The number of pyridine rings is 1. The third-order valence-corrected chi connectivity index (χ3v) is 6.35. The molecule has 0 aliphatic rings. The summed E-state index contributed by atoms with van der Waals surface area (Å²) >= 11 is 0. The molecule has 3 heteroatoms. The van der Waals surface area contributed by atoms with Crippen LogP contribution in [0, 0.1) is 13.8 Å². The molecule has 190 valence electrons. The SMILES string of the molecule is CCCc1cc(C)cc(CCC)c1N=Cc1cccc(C=Nc2c(CCC)cc(C)cc2CCC)n1. The number of hydrogen-bond acceptors (Lipinski definition) is 3. The van der Waals surface area contributed by atoms with Crippen molar-refractivity contribution in [2.45, 2.75) is 92.9 Å². The Labute approximate surface area is 218 Å². The van der Waals surface area contributed by atoms with Gasteiger partial charge in [-0.1, -0.05) is 94.8 Å². The van der Waals surface area contributed by atoms with Crippen molar-refractivity contribution in [2.75, 3.05) is 0 Å². The summed E-state index contributed by atoms with van der Waals surface area (Å²) in [7, 11) is 0. The molecule has 0 saturated carbocycles. The van der Waals surface area contributed by atoms with Crippen molar-refractivity contribution in [3.05, 3.63) is 87.2 Å². The number of hydrogen-bond donors (Lipinski definition) is 0. The molecule has 0 bridgehead atoms. The van der Waals surface area contributed by atoms with Crippen molar-refractivity contribution in [2.24, 2.45) is 9.98 Å². The van der Waals surface area contributed by atoms with E-state index in [-0.39, 0.29) is 0 Å². The highest BCUT2D eigenvalue weighted by atomic mass is 14.8. The van der Waals surface area contributed by atoms with Crippen molar-refractivity contribution in [3.63, 3.8) is 0 Å². The first-order valence-corrected chi connectivity index (χ1v) is 13.8. The lowest BCUT2D eigenvalue weighted by Crippen LogP contribution is -1.97. The quantitative estimate of drug-likeness (QED) is 0.238.